The summed E-state index contributed by atoms with van der Waals surface area (Å²) in [5.74, 6) is -0.510. The molecule has 2 fully saturated rings. The minimum Gasteiger partial charge on any atom is -0.481 e. The smallest absolute Gasteiger partial charge is 0.303 e. The zero-order chi connectivity index (χ0) is 18.2. The number of carboxylic acid groups (broad SMARTS) is 1. The standard InChI is InChI=1S/C18H28N2O4S/c21-15(13-7-5-6-8-13)11-12-20-14(17(24)19-18(20)25)9-3-1-2-4-10-16(22)23/h1,3,13-15,21H,2,4-12H2,(H,22,23)(H,19,24,25). The molecule has 7 heteroatoms. The fourth-order valence-corrected chi connectivity index (χ4v) is 3.92. The van der Waals surface area contributed by atoms with E-state index in [1.165, 1.54) is 12.8 Å². The van der Waals surface area contributed by atoms with E-state index in [9.17, 15) is 14.7 Å². The Hall–Kier alpha value is -1.47. The van der Waals surface area contributed by atoms with Gasteiger partial charge in [-0.15, -0.1) is 0 Å². The van der Waals surface area contributed by atoms with Gasteiger partial charge in [-0.25, -0.2) is 0 Å². The van der Waals surface area contributed by atoms with E-state index in [4.69, 9.17) is 17.3 Å². The summed E-state index contributed by atoms with van der Waals surface area (Å²) in [5.41, 5.74) is 0. The van der Waals surface area contributed by atoms with Gasteiger partial charge in [0.1, 0.15) is 6.04 Å². The Morgan fingerprint density at radius 1 is 1.36 bits per heavy atom. The maximum Gasteiger partial charge on any atom is 0.303 e. The summed E-state index contributed by atoms with van der Waals surface area (Å²) in [6.07, 6.45) is 10.7. The number of hydrogen-bond donors (Lipinski definition) is 3. The summed E-state index contributed by atoms with van der Waals surface area (Å²) in [7, 11) is 0. The third kappa shape index (κ3) is 6.08. The summed E-state index contributed by atoms with van der Waals surface area (Å²) in [6.45, 7) is 0.576. The van der Waals surface area contributed by atoms with Crippen molar-refractivity contribution in [2.75, 3.05) is 6.54 Å². The molecule has 1 heterocycles. The van der Waals surface area contributed by atoms with Crippen LogP contribution in [0.3, 0.4) is 0 Å². The van der Waals surface area contributed by atoms with Gasteiger partial charge in [-0.05, 0) is 56.7 Å². The number of hydrogen-bond acceptors (Lipinski definition) is 4. The molecule has 25 heavy (non-hydrogen) atoms. The number of rotatable bonds is 10. The predicted octanol–water partition coefficient (Wildman–Crippen LogP) is 2.21. The van der Waals surface area contributed by atoms with E-state index in [-0.39, 0.29) is 24.5 Å². The third-order valence-electron chi connectivity index (χ3n) is 5.07. The normalized spacial score (nSPS) is 22.8. The number of unbranched alkanes of at least 4 members (excludes halogenated alkanes) is 1. The van der Waals surface area contributed by atoms with Gasteiger partial charge in [0.05, 0.1) is 6.10 Å². The van der Waals surface area contributed by atoms with Crippen LogP contribution in [0.4, 0.5) is 0 Å². The lowest BCUT2D eigenvalue weighted by Crippen LogP contribution is -2.37. The molecule has 0 radical (unpaired) electrons. The number of thiocarbonyl (C=S) groups is 1. The van der Waals surface area contributed by atoms with Gasteiger partial charge in [0.15, 0.2) is 5.11 Å². The van der Waals surface area contributed by atoms with Gasteiger partial charge in [0.25, 0.3) is 0 Å². The molecule has 1 aliphatic carbocycles. The number of amides is 1. The van der Waals surface area contributed by atoms with E-state index < -0.39 is 5.97 Å². The second-order valence-corrected chi connectivity index (χ2v) is 7.28. The molecule has 0 aromatic heterocycles. The Bertz CT molecular complexity index is 517. The largest absolute Gasteiger partial charge is 0.481 e. The summed E-state index contributed by atoms with van der Waals surface area (Å²) in [4.78, 5) is 24.4. The van der Waals surface area contributed by atoms with Crippen molar-refractivity contribution in [1.29, 1.82) is 0 Å². The lowest BCUT2D eigenvalue weighted by molar-refractivity contribution is -0.137. The van der Waals surface area contributed by atoms with E-state index in [1.807, 2.05) is 17.1 Å². The second kappa shape index (κ2) is 9.87. The lowest BCUT2D eigenvalue weighted by atomic mass is 9.98. The first kappa shape index (κ1) is 19.8. The number of nitrogens with one attached hydrogen (secondary N) is 1. The number of carbonyl (C=O) groups excluding carboxylic acids is 1. The SMILES string of the molecule is O=C(O)CCCC=CCC1C(=O)NC(=S)N1CCC(O)C1CCCC1. The molecule has 2 rings (SSSR count). The van der Waals surface area contributed by atoms with Crippen molar-refractivity contribution < 1.29 is 19.8 Å². The van der Waals surface area contributed by atoms with E-state index in [0.717, 1.165) is 12.8 Å². The highest BCUT2D eigenvalue weighted by Crippen LogP contribution is 2.29. The van der Waals surface area contributed by atoms with E-state index >= 15 is 0 Å². The van der Waals surface area contributed by atoms with Gasteiger partial charge < -0.3 is 20.4 Å². The minimum atomic E-state index is -0.791. The number of aliphatic hydroxyl groups excluding tert-OH is 1. The second-order valence-electron chi connectivity index (χ2n) is 6.90. The van der Waals surface area contributed by atoms with Crippen molar-refractivity contribution in [3.05, 3.63) is 12.2 Å². The van der Waals surface area contributed by atoms with Gasteiger partial charge in [-0.1, -0.05) is 25.0 Å². The average Bonchev–Trinajstić information content (AvgIpc) is 3.17. The molecule has 0 aromatic rings. The zero-order valence-corrected chi connectivity index (χ0v) is 15.3. The van der Waals surface area contributed by atoms with Crippen molar-refractivity contribution in [3.63, 3.8) is 0 Å². The highest BCUT2D eigenvalue weighted by atomic mass is 32.1. The summed E-state index contributed by atoms with van der Waals surface area (Å²) in [5, 5.41) is 22.1. The average molecular weight is 368 g/mol. The number of allylic oxidation sites excluding steroid dienone is 1. The maximum absolute atomic E-state index is 12.1. The van der Waals surface area contributed by atoms with E-state index in [1.54, 1.807) is 0 Å². The van der Waals surface area contributed by atoms with Crippen LogP contribution in [0.5, 0.6) is 0 Å². The van der Waals surface area contributed by atoms with Crippen molar-refractivity contribution in [1.82, 2.24) is 10.2 Å². The van der Waals surface area contributed by atoms with Gasteiger partial charge in [0.2, 0.25) is 5.91 Å². The first-order valence-electron chi connectivity index (χ1n) is 9.15. The number of nitrogens with zero attached hydrogens (tertiary/aromatic N) is 1. The Balaban J connectivity index is 1.78. The Morgan fingerprint density at radius 3 is 2.76 bits per heavy atom. The Labute approximate surface area is 154 Å². The molecule has 0 bridgehead atoms. The minimum absolute atomic E-state index is 0.101. The quantitative estimate of drug-likeness (QED) is 0.311. The molecule has 2 unspecified atom stereocenters. The number of carboxylic acids is 1. The highest BCUT2D eigenvalue weighted by Gasteiger charge is 2.35. The first-order valence-corrected chi connectivity index (χ1v) is 9.56. The van der Waals surface area contributed by atoms with Crippen LogP contribution in [-0.2, 0) is 9.59 Å². The topological polar surface area (TPSA) is 89.9 Å². The van der Waals surface area contributed by atoms with Crippen LogP contribution in [0.2, 0.25) is 0 Å². The predicted molar refractivity (Wildman–Crippen MR) is 99.1 cm³/mol. The molecule has 1 saturated carbocycles. The molecule has 1 saturated heterocycles. The molecule has 3 N–H and O–H groups in total. The fourth-order valence-electron chi connectivity index (χ4n) is 3.60. The number of aliphatic carboxylic acids is 1. The molecule has 0 aromatic carbocycles. The molecule has 0 spiro atoms. The number of aliphatic hydroxyl groups is 1. The molecule has 1 amide bonds. The van der Waals surface area contributed by atoms with E-state index in [2.05, 4.69) is 5.32 Å². The van der Waals surface area contributed by atoms with Gasteiger partial charge in [-0.3, -0.25) is 9.59 Å². The van der Waals surface area contributed by atoms with E-state index in [0.29, 0.717) is 43.3 Å². The molecule has 2 aliphatic rings. The van der Waals surface area contributed by atoms with Crippen LogP contribution in [-0.4, -0.2) is 50.8 Å². The Kier molecular flexibility index (Phi) is 7.84. The van der Waals surface area contributed by atoms with Crippen LogP contribution in [0.15, 0.2) is 12.2 Å². The monoisotopic (exact) mass is 368 g/mol. The molecule has 2 atom stereocenters. The Morgan fingerprint density at radius 2 is 2.08 bits per heavy atom. The lowest BCUT2D eigenvalue weighted by Gasteiger charge is -2.25. The summed E-state index contributed by atoms with van der Waals surface area (Å²) < 4.78 is 0. The van der Waals surface area contributed by atoms with Crippen molar-refractivity contribution in [3.8, 4) is 0 Å². The van der Waals surface area contributed by atoms with Gasteiger partial charge >= 0.3 is 5.97 Å². The van der Waals surface area contributed by atoms with Crippen LogP contribution in [0.1, 0.15) is 57.8 Å². The van der Waals surface area contributed by atoms with Crippen molar-refractivity contribution >= 4 is 29.2 Å². The summed E-state index contributed by atoms with van der Waals surface area (Å²) in [6, 6.07) is -0.334. The third-order valence-corrected chi connectivity index (χ3v) is 5.40. The molecular formula is C18H28N2O4S. The van der Waals surface area contributed by atoms with Crippen LogP contribution >= 0.6 is 12.2 Å². The summed E-state index contributed by atoms with van der Waals surface area (Å²) >= 11 is 5.25. The first-order chi connectivity index (χ1) is 12.0. The van der Waals surface area contributed by atoms with Crippen molar-refractivity contribution in [2.24, 2.45) is 5.92 Å². The van der Waals surface area contributed by atoms with Crippen LogP contribution in [0.25, 0.3) is 0 Å². The molecular weight excluding hydrogens is 340 g/mol. The van der Waals surface area contributed by atoms with Gasteiger partial charge in [-0.2, -0.15) is 0 Å². The maximum atomic E-state index is 12.1. The molecule has 1 aliphatic heterocycles. The van der Waals surface area contributed by atoms with Gasteiger partial charge in [0, 0.05) is 13.0 Å². The molecule has 6 nitrogen and oxygen atoms in total. The van der Waals surface area contributed by atoms with Crippen LogP contribution in [0, 0.1) is 5.92 Å². The fraction of sp³-hybridized carbons (Fsp3) is 0.722. The van der Waals surface area contributed by atoms with Crippen molar-refractivity contribution in [2.45, 2.75) is 69.9 Å². The number of carbonyl (C=O) groups is 2. The van der Waals surface area contributed by atoms with Crippen LogP contribution < -0.4 is 5.32 Å². The molecule has 140 valence electrons. The highest BCUT2D eigenvalue weighted by molar-refractivity contribution is 7.80. The zero-order valence-electron chi connectivity index (χ0n) is 14.5.